The van der Waals surface area contributed by atoms with Crippen molar-refractivity contribution in [2.45, 2.75) is 26.8 Å². The lowest BCUT2D eigenvalue weighted by molar-refractivity contribution is 0.0696. The lowest BCUT2D eigenvalue weighted by atomic mass is 9.92. The van der Waals surface area contributed by atoms with Crippen LogP contribution in [0.1, 0.15) is 32.7 Å². The van der Waals surface area contributed by atoms with Crippen molar-refractivity contribution in [3.8, 4) is 0 Å². The average molecular weight is 270 g/mol. The predicted molar refractivity (Wildman–Crippen MR) is 78.2 cm³/mol. The van der Waals surface area contributed by atoms with Gasteiger partial charge in [-0.25, -0.2) is 4.79 Å². The Labute approximate surface area is 118 Å². The van der Waals surface area contributed by atoms with Gasteiger partial charge >= 0.3 is 5.97 Å². The van der Waals surface area contributed by atoms with E-state index < -0.39 is 5.97 Å². The standard InChI is InChI=1S/C16H18N2O2/c1-9-4-5-10(2)15-13(9)14(16(19)20)11-8-18(3)7-6-12(11)17-15/h4-5H,6-8H2,1-3H3,(H,19,20). The summed E-state index contributed by atoms with van der Waals surface area (Å²) in [6.45, 7) is 5.53. The van der Waals surface area contributed by atoms with Crippen molar-refractivity contribution in [3.63, 3.8) is 0 Å². The minimum absolute atomic E-state index is 0.442. The molecule has 1 N–H and O–H groups in total. The Morgan fingerprint density at radius 1 is 1.30 bits per heavy atom. The van der Waals surface area contributed by atoms with Gasteiger partial charge in [-0.1, -0.05) is 12.1 Å². The molecule has 0 radical (unpaired) electrons. The summed E-state index contributed by atoms with van der Waals surface area (Å²) in [5, 5.41) is 10.5. The molecule has 1 aromatic carbocycles. The quantitative estimate of drug-likeness (QED) is 0.865. The minimum atomic E-state index is -0.849. The summed E-state index contributed by atoms with van der Waals surface area (Å²) >= 11 is 0. The van der Waals surface area contributed by atoms with Gasteiger partial charge in [-0.2, -0.15) is 0 Å². The van der Waals surface area contributed by atoms with E-state index in [1.54, 1.807) is 0 Å². The third-order valence-electron chi connectivity index (χ3n) is 4.11. The number of hydrogen-bond acceptors (Lipinski definition) is 3. The van der Waals surface area contributed by atoms with Gasteiger partial charge in [0.1, 0.15) is 0 Å². The highest BCUT2D eigenvalue weighted by molar-refractivity contribution is 6.06. The summed E-state index contributed by atoms with van der Waals surface area (Å²) in [4.78, 5) is 18.7. The molecule has 4 nitrogen and oxygen atoms in total. The molecule has 0 spiro atoms. The Bertz CT molecular complexity index is 722. The fourth-order valence-corrected chi connectivity index (χ4v) is 3.01. The third-order valence-corrected chi connectivity index (χ3v) is 4.11. The number of fused-ring (bicyclic) bond motifs is 2. The van der Waals surface area contributed by atoms with Crippen molar-refractivity contribution in [3.05, 3.63) is 40.1 Å². The molecular weight excluding hydrogens is 252 g/mol. The van der Waals surface area contributed by atoms with Crippen LogP contribution in [0.25, 0.3) is 10.9 Å². The number of carbonyl (C=O) groups is 1. The van der Waals surface area contributed by atoms with Crippen LogP contribution in [0.15, 0.2) is 12.1 Å². The second kappa shape index (κ2) is 4.56. The Balaban J connectivity index is 2.46. The zero-order valence-corrected chi connectivity index (χ0v) is 12.0. The van der Waals surface area contributed by atoms with Crippen LogP contribution in [0.5, 0.6) is 0 Å². The van der Waals surface area contributed by atoms with Crippen molar-refractivity contribution < 1.29 is 9.90 Å². The number of hydrogen-bond donors (Lipinski definition) is 1. The highest BCUT2D eigenvalue weighted by Gasteiger charge is 2.25. The number of aryl methyl sites for hydroxylation is 2. The topological polar surface area (TPSA) is 53.4 Å². The van der Waals surface area contributed by atoms with Crippen molar-refractivity contribution in [1.29, 1.82) is 0 Å². The van der Waals surface area contributed by atoms with Crippen LogP contribution in [0.3, 0.4) is 0 Å². The first-order chi connectivity index (χ1) is 9.49. The van der Waals surface area contributed by atoms with Crippen LogP contribution in [-0.4, -0.2) is 34.6 Å². The molecule has 0 aliphatic carbocycles. The molecule has 2 heterocycles. The minimum Gasteiger partial charge on any atom is -0.478 e. The van der Waals surface area contributed by atoms with Gasteiger partial charge in [-0.15, -0.1) is 0 Å². The summed E-state index contributed by atoms with van der Waals surface area (Å²) in [7, 11) is 2.02. The number of rotatable bonds is 1. The number of carboxylic acid groups (broad SMARTS) is 1. The van der Waals surface area contributed by atoms with E-state index in [0.717, 1.165) is 46.3 Å². The molecule has 0 fully saturated rings. The summed E-state index contributed by atoms with van der Waals surface area (Å²) in [6.07, 6.45) is 0.815. The zero-order valence-electron chi connectivity index (χ0n) is 12.0. The molecule has 0 amide bonds. The lowest BCUT2D eigenvalue weighted by Gasteiger charge is -2.26. The second-order valence-electron chi connectivity index (χ2n) is 5.63. The van der Waals surface area contributed by atoms with Crippen molar-refractivity contribution in [2.75, 3.05) is 13.6 Å². The first kappa shape index (κ1) is 13.1. The van der Waals surface area contributed by atoms with E-state index in [1.165, 1.54) is 0 Å². The highest BCUT2D eigenvalue weighted by Crippen LogP contribution is 2.31. The van der Waals surface area contributed by atoms with Gasteiger partial charge in [-0.05, 0) is 32.0 Å². The maximum absolute atomic E-state index is 11.8. The second-order valence-corrected chi connectivity index (χ2v) is 5.63. The molecule has 4 heteroatoms. The lowest BCUT2D eigenvalue weighted by Crippen LogP contribution is -2.29. The van der Waals surface area contributed by atoms with E-state index in [2.05, 4.69) is 4.90 Å². The Morgan fingerprint density at radius 3 is 2.70 bits per heavy atom. The van der Waals surface area contributed by atoms with E-state index in [0.29, 0.717) is 12.1 Å². The molecule has 0 bridgehead atoms. The molecule has 1 aliphatic heterocycles. The van der Waals surface area contributed by atoms with Crippen LogP contribution < -0.4 is 0 Å². The first-order valence-corrected chi connectivity index (χ1v) is 6.82. The SMILES string of the molecule is Cc1ccc(C)c2c(C(=O)O)c3c(nc12)CCN(C)C3. The monoisotopic (exact) mass is 270 g/mol. The molecule has 0 unspecified atom stereocenters. The molecule has 1 aromatic heterocycles. The van der Waals surface area contributed by atoms with E-state index in [1.807, 2.05) is 33.0 Å². The molecule has 3 rings (SSSR count). The molecule has 0 saturated carbocycles. The molecule has 0 saturated heterocycles. The van der Waals surface area contributed by atoms with Crippen LogP contribution in [0.2, 0.25) is 0 Å². The van der Waals surface area contributed by atoms with Gasteiger partial charge in [-0.3, -0.25) is 4.98 Å². The molecule has 2 aromatic rings. The highest BCUT2D eigenvalue weighted by atomic mass is 16.4. The van der Waals surface area contributed by atoms with Gasteiger partial charge in [0, 0.05) is 36.2 Å². The van der Waals surface area contributed by atoms with E-state index in [4.69, 9.17) is 4.98 Å². The van der Waals surface area contributed by atoms with Crippen LogP contribution in [0.4, 0.5) is 0 Å². The van der Waals surface area contributed by atoms with Crippen LogP contribution in [-0.2, 0) is 13.0 Å². The molecule has 20 heavy (non-hydrogen) atoms. The van der Waals surface area contributed by atoms with Gasteiger partial charge in [0.25, 0.3) is 0 Å². The summed E-state index contributed by atoms with van der Waals surface area (Å²) < 4.78 is 0. The summed E-state index contributed by atoms with van der Waals surface area (Å²) in [6, 6.07) is 3.99. The maximum atomic E-state index is 11.8. The average Bonchev–Trinajstić information content (AvgIpc) is 2.40. The number of likely N-dealkylation sites (N-methyl/N-ethyl adjacent to an activating group) is 1. The van der Waals surface area contributed by atoms with Crippen molar-refractivity contribution in [2.24, 2.45) is 0 Å². The van der Waals surface area contributed by atoms with Gasteiger partial charge in [0.05, 0.1) is 11.1 Å². The summed E-state index contributed by atoms with van der Waals surface area (Å²) in [5.74, 6) is -0.849. The Hall–Kier alpha value is -1.94. The van der Waals surface area contributed by atoms with Gasteiger partial charge < -0.3 is 10.0 Å². The van der Waals surface area contributed by atoms with Crippen LogP contribution in [0, 0.1) is 13.8 Å². The normalized spacial score (nSPS) is 15.3. The maximum Gasteiger partial charge on any atom is 0.336 e. The number of aromatic carboxylic acids is 1. The zero-order chi connectivity index (χ0) is 14.4. The molecule has 0 atom stereocenters. The number of benzene rings is 1. The largest absolute Gasteiger partial charge is 0.478 e. The fraction of sp³-hybridized carbons (Fsp3) is 0.375. The number of pyridine rings is 1. The van der Waals surface area contributed by atoms with Gasteiger partial charge in [0.15, 0.2) is 0 Å². The van der Waals surface area contributed by atoms with Crippen LogP contribution >= 0.6 is 0 Å². The molecule has 104 valence electrons. The van der Waals surface area contributed by atoms with Crippen molar-refractivity contribution in [1.82, 2.24) is 9.88 Å². The van der Waals surface area contributed by atoms with E-state index in [9.17, 15) is 9.90 Å². The first-order valence-electron chi connectivity index (χ1n) is 6.82. The Kier molecular flexibility index (Phi) is 2.98. The van der Waals surface area contributed by atoms with E-state index in [-0.39, 0.29) is 0 Å². The third kappa shape index (κ3) is 1.88. The number of nitrogens with zero attached hydrogens (tertiary/aromatic N) is 2. The number of aromatic nitrogens is 1. The summed E-state index contributed by atoms with van der Waals surface area (Å²) in [5.41, 5.74) is 5.12. The fourth-order valence-electron chi connectivity index (χ4n) is 3.01. The predicted octanol–water partition coefficient (Wildman–Crippen LogP) is 2.54. The van der Waals surface area contributed by atoms with E-state index >= 15 is 0 Å². The number of carboxylic acids is 1. The smallest absolute Gasteiger partial charge is 0.336 e. The van der Waals surface area contributed by atoms with Gasteiger partial charge in [0.2, 0.25) is 0 Å². The van der Waals surface area contributed by atoms with Crippen molar-refractivity contribution >= 4 is 16.9 Å². The Morgan fingerprint density at radius 2 is 2.00 bits per heavy atom. The molecular formula is C16H18N2O2. The molecule has 1 aliphatic rings.